The SMILES string of the molecule is CC(C)[C@H](NC(=O)[C@H](CC(=O)O)NC(=O)[C@H](Cc1ccc(O)cc1)NC(=O)[C@@H]1CCCN1C(=O)[C@@H](N)Cc1ccc(O)cc1)C(=O)N1CCC[C@H]1C(=O)O. The highest BCUT2D eigenvalue weighted by molar-refractivity contribution is 5.98. The van der Waals surface area contributed by atoms with Gasteiger partial charge in [0.05, 0.1) is 12.5 Å². The molecule has 2 aliphatic heterocycles. The van der Waals surface area contributed by atoms with Gasteiger partial charge in [-0.25, -0.2) is 4.79 Å². The number of benzene rings is 2. The average Bonchev–Trinajstić information content (AvgIpc) is 3.82. The molecule has 0 spiro atoms. The van der Waals surface area contributed by atoms with E-state index in [2.05, 4.69) is 16.0 Å². The maximum atomic E-state index is 13.9. The quantitative estimate of drug-likeness (QED) is 0.111. The second kappa shape index (κ2) is 18.4. The summed E-state index contributed by atoms with van der Waals surface area (Å²) in [6.45, 7) is 3.65. The van der Waals surface area contributed by atoms with Gasteiger partial charge in [-0.3, -0.25) is 28.8 Å². The number of carboxylic acids is 2. The molecule has 17 heteroatoms. The molecular weight excluding hydrogens is 704 g/mol. The molecule has 2 fully saturated rings. The monoisotopic (exact) mass is 752 g/mol. The predicted octanol–water partition coefficient (Wildman–Crippen LogP) is -0.138. The van der Waals surface area contributed by atoms with Crippen molar-refractivity contribution in [2.24, 2.45) is 11.7 Å². The Morgan fingerprint density at radius 1 is 0.704 bits per heavy atom. The summed E-state index contributed by atoms with van der Waals surface area (Å²) < 4.78 is 0. The first kappa shape index (κ1) is 41.1. The number of likely N-dealkylation sites (tertiary alicyclic amines) is 2. The van der Waals surface area contributed by atoms with Crippen LogP contribution in [0.5, 0.6) is 11.5 Å². The van der Waals surface area contributed by atoms with Crippen molar-refractivity contribution in [3.05, 3.63) is 59.7 Å². The number of carbonyl (C=O) groups is 7. The van der Waals surface area contributed by atoms with Crippen molar-refractivity contribution >= 4 is 41.5 Å². The number of aliphatic carboxylic acids is 2. The highest BCUT2D eigenvalue weighted by Gasteiger charge is 2.41. The number of phenolic OH excluding ortho intramolecular Hbond substituents is 2. The molecule has 0 bridgehead atoms. The van der Waals surface area contributed by atoms with Crippen molar-refractivity contribution in [3.8, 4) is 11.5 Å². The molecule has 2 aromatic carbocycles. The summed E-state index contributed by atoms with van der Waals surface area (Å²) in [7, 11) is 0. The Bertz CT molecular complexity index is 1700. The fraction of sp³-hybridized carbons (Fsp3) is 0.486. The van der Waals surface area contributed by atoms with Gasteiger partial charge in [-0.15, -0.1) is 0 Å². The van der Waals surface area contributed by atoms with Crippen molar-refractivity contribution in [3.63, 3.8) is 0 Å². The molecule has 17 nitrogen and oxygen atoms in total. The molecule has 9 N–H and O–H groups in total. The van der Waals surface area contributed by atoms with Crippen molar-refractivity contribution in [2.75, 3.05) is 13.1 Å². The van der Waals surface area contributed by atoms with E-state index in [4.69, 9.17) is 5.73 Å². The number of hydrogen-bond acceptors (Lipinski definition) is 10. The lowest BCUT2D eigenvalue weighted by molar-refractivity contribution is -0.150. The number of phenols is 2. The Morgan fingerprint density at radius 3 is 1.72 bits per heavy atom. The highest BCUT2D eigenvalue weighted by atomic mass is 16.4. The zero-order valence-corrected chi connectivity index (χ0v) is 30.1. The van der Waals surface area contributed by atoms with E-state index >= 15 is 0 Å². The van der Waals surface area contributed by atoms with Gasteiger partial charge in [0.2, 0.25) is 29.5 Å². The van der Waals surface area contributed by atoms with E-state index in [1.54, 1.807) is 26.0 Å². The van der Waals surface area contributed by atoms with Crippen molar-refractivity contribution < 1.29 is 54.0 Å². The van der Waals surface area contributed by atoms with E-state index in [0.29, 0.717) is 24.0 Å². The van der Waals surface area contributed by atoms with Gasteiger partial charge < -0.3 is 51.9 Å². The first-order chi connectivity index (χ1) is 25.5. The Labute approximate surface area is 311 Å². The lowest BCUT2D eigenvalue weighted by Gasteiger charge is -2.31. The topological polar surface area (TPSA) is 269 Å². The van der Waals surface area contributed by atoms with E-state index in [9.17, 15) is 54.0 Å². The maximum absolute atomic E-state index is 13.9. The van der Waals surface area contributed by atoms with Crippen molar-refractivity contribution in [1.29, 1.82) is 0 Å². The minimum absolute atomic E-state index is 0.0522. The number of aromatic hydroxyl groups is 2. The molecule has 0 radical (unpaired) electrons. The van der Waals surface area contributed by atoms with Crippen LogP contribution in [-0.2, 0) is 46.4 Å². The Balaban J connectivity index is 1.52. The second-order valence-corrected chi connectivity index (χ2v) is 14.0. The van der Waals surface area contributed by atoms with Crippen LogP contribution >= 0.6 is 0 Å². The summed E-state index contributed by atoms with van der Waals surface area (Å²) in [5.74, 6) is -6.93. The van der Waals surface area contributed by atoms with Crippen LogP contribution in [0.2, 0.25) is 0 Å². The third kappa shape index (κ3) is 10.7. The number of hydrogen-bond donors (Lipinski definition) is 8. The number of nitrogens with two attached hydrogens (primary N) is 1. The van der Waals surface area contributed by atoms with Gasteiger partial charge in [0.25, 0.3) is 0 Å². The summed E-state index contributed by atoms with van der Waals surface area (Å²) >= 11 is 0. The minimum Gasteiger partial charge on any atom is -0.508 e. The number of carboxylic acid groups (broad SMARTS) is 2. The zero-order valence-electron chi connectivity index (χ0n) is 30.1. The van der Waals surface area contributed by atoms with E-state index in [-0.39, 0.29) is 50.3 Å². The smallest absolute Gasteiger partial charge is 0.326 e. The molecule has 292 valence electrons. The fourth-order valence-electron chi connectivity index (χ4n) is 6.72. The fourth-order valence-corrected chi connectivity index (χ4v) is 6.72. The minimum atomic E-state index is -1.71. The van der Waals surface area contributed by atoms with Gasteiger partial charge in [-0.05, 0) is 73.4 Å². The summed E-state index contributed by atoms with van der Waals surface area (Å²) in [6.07, 6.45) is 0.542. The molecule has 2 heterocycles. The molecule has 54 heavy (non-hydrogen) atoms. The second-order valence-electron chi connectivity index (χ2n) is 14.0. The average molecular weight is 753 g/mol. The molecule has 5 amide bonds. The molecular formula is C37H48N6O11. The Morgan fingerprint density at radius 2 is 1.20 bits per heavy atom. The van der Waals surface area contributed by atoms with Gasteiger partial charge in [0.1, 0.15) is 41.7 Å². The van der Waals surface area contributed by atoms with Crippen LogP contribution < -0.4 is 21.7 Å². The molecule has 6 atom stereocenters. The van der Waals surface area contributed by atoms with Gasteiger partial charge in [0, 0.05) is 19.5 Å². The summed E-state index contributed by atoms with van der Waals surface area (Å²) in [6, 6.07) is 4.57. The first-order valence-electron chi connectivity index (χ1n) is 17.8. The highest BCUT2D eigenvalue weighted by Crippen LogP contribution is 2.22. The number of amides is 5. The van der Waals surface area contributed by atoms with E-state index < -0.39 is 90.1 Å². The van der Waals surface area contributed by atoms with Crippen LogP contribution in [0.15, 0.2) is 48.5 Å². The molecule has 0 aliphatic carbocycles. The summed E-state index contributed by atoms with van der Waals surface area (Å²) in [4.78, 5) is 94.3. The molecule has 2 aliphatic rings. The van der Waals surface area contributed by atoms with Crippen LogP contribution in [-0.4, -0.2) is 121 Å². The molecule has 2 saturated heterocycles. The Kier molecular flexibility index (Phi) is 14.0. The van der Waals surface area contributed by atoms with Crippen molar-refractivity contribution in [2.45, 2.75) is 95.0 Å². The van der Waals surface area contributed by atoms with Crippen LogP contribution in [0.1, 0.15) is 57.1 Å². The molecule has 0 unspecified atom stereocenters. The number of nitrogens with zero attached hydrogens (tertiary/aromatic N) is 2. The van der Waals surface area contributed by atoms with E-state index in [1.165, 1.54) is 46.2 Å². The van der Waals surface area contributed by atoms with Crippen LogP contribution in [0.25, 0.3) is 0 Å². The predicted molar refractivity (Wildman–Crippen MR) is 192 cm³/mol. The lowest BCUT2D eigenvalue weighted by Crippen LogP contribution is -2.60. The molecule has 0 saturated carbocycles. The normalized spacial score (nSPS) is 19.0. The Hall–Kier alpha value is -5.71. The first-order valence-corrected chi connectivity index (χ1v) is 17.8. The summed E-state index contributed by atoms with van der Waals surface area (Å²) in [5, 5.41) is 46.2. The van der Waals surface area contributed by atoms with Gasteiger partial charge in [-0.1, -0.05) is 38.1 Å². The maximum Gasteiger partial charge on any atom is 0.326 e. The van der Waals surface area contributed by atoms with E-state index in [1.807, 2.05) is 0 Å². The third-order valence-electron chi connectivity index (χ3n) is 9.62. The van der Waals surface area contributed by atoms with E-state index in [0.717, 1.165) is 0 Å². The largest absolute Gasteiger partial charge is 0.508 e. The van der Waals surface area contributed by atoms with Gasteiger partial charge >= 0.3 is 11.9 Å². The summed E-state index contributed by atoms with van der Waals surface area (Å²) in [5.41, 5.74) is 7.43. The van der Waals surface area contributed by atoms with Gasteiger partial charge in [0.15, 0.2) is 0 Å². The van der Waals surface area contributed by atoms with Crippen LogP contribution in [0.4, 0.5) is 0 Å². The molecule has 2 aromatic rings. The zero-order chi connectivity index (χ0) is 39.7. The van der Waals surface area contributed by atoms with Crippen LogP contribution in [0.3, 0.4) is 0 Å². The molecule has 0 aromatic heterocycles. The number of nitrogens with one attached hydrogen (secondary N) is 3. The van der Waals surface area contributed by atoms with Gasteiger partial charge in [-0.2, -0.15) is 0 Å². The number of carbonyl (C=O) groups excluding carboxylic acids is 5. The lowest BCUT2D eigenvalue weighted by atomic mass is 10.0. The number of rotatable bonds is 16. The van der Waals surface area contributed by atoms with Crippen LogP contribution in [0, 0.1) is 5.92 Å². The third-order valence-corrected chi connectivity index (χ3v) is 9.62. The van der Waals surface area contributed by atoms with Crippen molar-refractivity contribution in [1.82, 2.24) is 25.8 Å². The molecule has 4 rings (SSSR count). The standard InChI is InChI=1S/C37H48N6O11/c1-20(2)31(36(52)43-16-4-6-29(43)37(53)54)41-33(49)27(19-30(46)47)39-32(48)26(18-22-9-13-24(45)14-10-22)40-34(50)28-5-3-15-42(28)35(51)25(38)17-21-7-11-23(44)12-8-21/h7-14,20,25-29,31,44-45H,3-6,15-19,38H2,1-2H3,(H,39,48)(H,40,50)(H,41,49)(H,46,47)(H,53,54)/t25-,26-,27-,28-,29-,31-/m0/s1.